The van der Waals surface area contributed by atoms with E-state index in [1.165, 1.54) is 5.56 Å². The van der Waals surface area contributed by atoms with Crippen molar-refractivity contribution < 1.29 is 9.22 Å². The van der Waals surface area contributed by atoms with Crippen molar-refractivity contribution in [2.24, 2.45) is 11.7 Å². The summed E-state index contributed by atoms with van der Waals surface area (Å²) in [4.78, 5) is 12.0. The van der Waals surface area contributed by atoms with Gasteiger partial charge in [0.15, 0.2) is 8.32 Å². The second-order valence-electron chi connectivity index (χ2n) is 9.99. The predicted octanol–water partition coefficient (Wildman–Crippen LogP) is 5.82. The number of carbonyl (C=O) groups excluding carboxylic acids is 1. The van der Waals surface area contributed by atoms with Gasteiger partial charge in [0.05, 0.1) is 0 Å². The second-order valence-corrected chi connectivity index (χ2v) is 15.7. The van der Waals surface area contributed by atoms with Gasteiger partial charge in [0.1, 0.15) is 5.54 Å². The maximum Gasteiger partial charge on any atom is 0.243 e. The van der Waals surface area contributed by atoms with Gasteiger partial charge in [-0.3, -0.25) is 4.79 Å². The summed E-state index contributed by atoms with van der Waals surface area (Å²) in [7, 11) is -1.76. The molecule has 1 unspecified atom stereocenters. The molecule has 0 bridgehead atoms. The molecule has 1 aromatic heterocycles. The molecule has 0 spiro atoms. The van der Waals surface area contributed by atoms with Crippen LogP contribution in [0.25, 0.3) is 10.9 Å². The molecule has 1 atom stereocenters. The Bertz CT molecular complexity index is 865. The van der Waals surface area contributed by atoms with E-state index in [0.717, 1.165) is 28.4 Å². The van der Waals surface area contributed by atoms with Crippen molar-refractivity contribution in [1.82, 2.24) is 4.57 Å². The number of fused-ring (bicyclic) bond motifs is 1. The predicted molar refractivity (Wildman–Crippen MR) is 124 cm³/mol. The minimum absolute atomic E-state index is 0.207. The number of carbonyl (C=O) groups is 1. The lowest BCUT2D eigenvalue weighted by Crippen LogP contribution is -2.41. The van der Waals surface area contributed by atoms with E-state index in [9.17, 15) is 4.79 Å². The molecule has 0 aliphatic carbocycles. The average molecular weight is 468 g/mol. The number of primary amides is 1. The van der Waals surface area contributed by atoms with Gasteiger partial charge >= 0.3 is 0 Å². The number of rotatable bonds is 7. The van der Waals surface area contributed by atoms with Crippen LogP contribution in [0.2, 0.25) is 18.1 Å². The van der Waals surface area contributed by atoms with E-state index in [0.29, 0.717) is 5.92 Å². The Hall–Kier alpha value is -1.11. The smallest absolute Gasteiger partial charge is 0.243 e. The first-order chi connectivity index (χ1) is 12.7. The van der Waals surface area contributed by atoms with Crippen LogP contribution in [0, 0.1) is 5.92 Å². The number of nitrogens with zero attached hydrogens (tertiary/aromatic N) is 1. The zero-order valence-electron chi connectivity index (χ0n) is 18.5. The summed E-state index contributed by atoms with van der Waals surface area (Å²) in [6.45, 7) is 18.1. The van der Waals surface area contributed by atoms with Crippen molar-refractivity contribution in [3.05, 3.63) is 34.4 Å². The van der Waals surface area contributed by atoms with E-state index < -0.39 is 13.9 Å². The standard InChI is InChI=1S/C22H35BrN2O2Si/c1-15(14-27-28(7,8)21(2,3)4)11-16-13-25(22(5,6)20(24)26)19-10-9-17(23)12-18(16)19/h9-10,12-13,15H,11,14H2,1-8H3,(H2,24,26). The van der Waals surface area contributed by atoms with Crippen LogP contribution in [-0.2, 0) is 21.2 Å². The molecule has 1 aromatic carbocycles. The average Bonchev–Trinajstić information content (AvgIpc) is 2.90. The number of hydrogen-bond acceptors (Lipinski definition) is 2. The summed E-state index contributed by atoms with van der Waals surface area (Å²) in [5.41, 5.74) is 7.15. The number of benzene rings is 1. The number of hydrogen-bond donors (Lipinski definition) is 1. The van der Waals surface area contributed by atoms with Crippen molar-refractivity contribution in [1.29, 1.82) is 0 Å². The van der Waals surface area contributed by atoms with Crippen molar-refractivity contribution in [3.63, 3.8) is 0 Å². The molecule has 0 fully saturated rings. The highest BCUT2D eigenvalue weighted by molar-refractivity contribution is 9.10. The summed E-state index contributed by atoms with van der Waals surface area (Å²) < 4.78 is 9.46. The summed E-state index contributed by atoms with van der Waals surface area (Å²) >= 11 is 3.58. The second kappa shape index (κ2) is 7.96. The fourth-order valence-corrected chi connectivity index (χ4v) is 4.51. The van der Waals surface area contributed by atoms with E-state index in [-0.39, 0.29) is 10.9 Å². The Kier molecular flexibility index (Phi) is 6.58. The third-order valence-corrected chi connectivity index (χ3v) is 11.2. The lowest BCUT2D eigenvalue weighted by Gasteiger charge is -2.37. The van der Waals surface area contributed by atoms with Gasteiger partial charge in [-0.15, -0.1) is 0 Å². The molecule has 0 aliphatic rings. The lowest BCUT2D eigenvalue weighted by molar-refractivity contribution is -0.124. The first kappa shape index (κ1) is 23.2. The molecular formula is C22H35BrN2O2Si. The normalized spacial score (nSPS) is 14.5. The molecule has 28 heavy (non-hydrogen) atoms. The maximum absolute atomic E-state index is 12.0. The lowest BCUT2D eigenvalue weighted by atomic mass is 10.0. The topological polar surface area (TPSA) is 57.2 Å². The molecular weight excluding hydrogens is 432 g/mol. The zero-order chi connectivity index (χ0) is 21.5. The Morgan fingerprint density at radius 2 is 1.86 bits per heavy atom. The van der Waals surface area contributed by atoms with Crippen LogP contribution < -0.4 is 5.73 Å². The van der Waals surface area contributed by atoms with Gasteiger partial charge in [0, 0.05) is 28.2 Å². The fourth-order valence-electron chi connectivity index (χ4n) is 3.02. The van der Waals surface area contributed by atoms with Crippen LogP contribution in [0.5, 0.6) is 0 Å². The van der Waals surface area contributed by atoms with Crippen molar-refractivity contribution in [2.45, 2.75) is 71.6 Å². The maximum atomic E-state index is 12.0. The van der Waals surface area contributed by atoms with Crippen molar-refractivity contribution in [3.8, 4) is 0 Å². The molecule has 4 nitrogen and oxygen atoms in total. The van der Waals surface area contributed by atoms with Crippen LogP contribution in [0.15, 0.2) is 28.9 Å². The summed E-state index contributed by atoms with van der Waals surface area (Å²) in [6, 6.07) is 6.17. The molecule has 1 amide bonds. The van der Waals surface area contributed by atoms with Gasteiger partial charge in [-0.05, 0) is 68.1 Å². The van der Waals surface area contributed by atoms with Crippen LogP contribution in [0.4, 0.5) is 0 Å². The molecule has 2 N–H and O–H groups in total. The molecule has 6 heteroatoms. The molecule has 0 aliphatic heterocycles. The van der Waals surface area contributed by atoms with Gasteiger partial charge in [0.2, 0.25) is 5.91 Å². The molecule has 1 heterocycles. The molecule has 0 saturated carbocycles. The monoisotopic (exact) mass is 466 g/mol. The van der Waals surface area contributed by atoms with E-state index >= 15 is 0 Å². The van der Waals surface area contributed by atoms with E-state index in [4.69, 9.17) is 10.2 Å². The minimum atomic E-state index is -1.76. The van der Waals surface area contributed by atoms with Crippen LogP contribution >= 0.6 is 15.9 Å². The highest BCUT2D eigenvalue weighted by Gasteiger charge is 2.37. The largest absolute Gasteiger partial charge is 0.417 e. The Morgan fingerprint density at radius 3 is 2.39 bits per heavy atom. The molecule has 2 rings (SSSR count). The Labute approximate surface area is 179 Å². The molecule has 0 saturated heterocycles. The first-order valence-electron chi connectivity index (χ1n) is 9.90. The van der Waals surface area contributed by atoms with Gasteiger partial charge in [-0.1, -0.05) is 43.6 Å². The quantitative estimate of drug-likeness (QED) is 0.522. The van der Waals surface area contributed by atoms with Crippen molar-refractivity contribution in [2.75, 3.05) is 6.61 Å². The van der Waals surface area contributed by atoms with E-state index in [1.807, 2.05) is 30.5 Å². The third kappa shape index (κ3) is 4.71. The highest BCUT2D eigenvalue weighted by atomic mass is 79.9. The fraction of sp³-hybridized carbons (Fsp3) is 0.591. The molecule has 2 aromatic rings. The van der Waals surface area contributed by atoms with Crippen LogP contribution in [0.1, 0.15) is 47.1 Å². The van der Waals surface area contributed by atoms with Crippen LogP contribution in [-0.4, -0.2) is 25.4 Å². The third-order valence-electron chi connectivity index (χ3n) is 6.16. The molecule has 0 radical (unpaired) electrons. The number of nitrogens with two attached hydrogens (primary N) is 1. The number of aromatic nitrogens is 1. The number of halogens is 1. The SMILES string of the molecule is CC(CO[Si](C)(C)C(C)(C)C)Cc1cn(C(C)(C)C(N)=O)c2ccc(Br)cc12. The zero-order valence-corrected chi connectivity index (χ0v) is 21.1. The van der Waals surface area contributed by atoms with Gasteiger partial charge in [0.25, 0.3) is 0 Å². The molecule has 156 valence electrons. The van der Waals surface area contributed by atoms with E-state index in [2.05, 4.69) is 69.0 Å². The highest BCUT2D eigenvalue weighted by Crippen LogP contribution is 2.37. The van der Waals surface area contributed by atoms with Gasteiger partial charge in [-0.25, -0.2) is 0 Å². The van der Waals surface area contributed by atoms with Crippen molar-refractivity contribution >= 4 is 41.1 Å². The van der Waals surface area contributed by atoms with Gasteiger partial charge < -0.3 is 14.7 Å². The van der Waals surface area contributed by atoms with Crippen LogP contribution in [0.3, 0.4) is 0 Å². The summed E-state index contributed by atoms with van der Waals surface area (Å²) in [5, 5.41) is 1.36. The Morgan fingerprint density at radius 1 is 1.25 bits per heavy atom. The first-order valence-corrected chi connectivity index (χ1v) is 13.6. The number of amides is 1. The van der Waals surface area contributed by atoms with Gasteiger partial charge in [-0.2, -0.15) is 0 Å². The summed E-state index contributed by atoms with van der Waals surface area (Å²) in [6.07, 6.45) is 2.98. The van der Waals surface area contributed by atoms with E-state index in [1.54, 1.807) is 0 Å². The Balaban J connectivity index is 2.32. The minimum Gasteiger partial charge on any atom is -0.417 e. The summed E-state index contributed by atoms with van der Waals surface area (Å²) in [5.74, 6) is 0.0389.